The number of rotatable bonds is 5. The first-order valence-corrected chi connectivity index (χ1v) is 26.0. The highest BCUT2D eigenvalue weighted by molar-refractivity contribution is 7.25. The summed E-state index contributed by atoms with van der Waals surface area (Å²) in [6.45, 7) is 0. The maximum atomic E-state index is 2.69. The van der Waals surface area contributed by atoms with Crippen LogP contribution in [0.2, 0.25) is 0 Å². The molecule has 2 aromatic heterocycles. The second kappa shape index (κ2) is 14.3. The summed E-state index contributed by atoms with van der Waals surface area (Å²) in [5, 5.41) is 5.22. The Bertz CT molecular complexity index is 4130. The van der Waals surface area contributed by atoms with E-state index in [2.05, 4.69) is 228 Å². The number of anilines is 3. The third kappa shape index (κ3) is 4.93. The summed E-state index contributed by atoms with van der Waals surface area (Å²) in [6.07, 6.45) is 6.07. The molecule has 3 heteroatoms. The molecular weight excluding hydrogens is 865 g/mol. The van der Waals surface area contributed by atoms with Crippen LogP contribution in [0.5, 0.6) is 0 Å². The molecule has 3 aliphatic carbocycles. The summed E-state index contributed by atoms with van der Waals surface area (Å²) >= 11 is 1.90. The standard InChI is InChI=1S/C67H46N2S/c1-4-19-42(20-5-1)67(43-21-6-2-7-22-43)53-28-12-8-23-46(53)52-39-44(34-36-54(52)67)68(45-33-35-49-48-25-11-15-32-60(48)70-61(49)40-45)59-41-56-64-62-50(27-18-29-55(62)66(56)37-16-3-17-38-66)47-24-9-13-30-57(47)69-58-31-14-10-26-51(58)63(59)65(64)69/h1-2,4-15,18-36,39-41H,3,16-17,37-38H2. The molecule has 2 nitrogen and oxygen atoms in total. The van der Waals surface area contributed by atoms with E-state index in [1.807, 2.05) is 11.3 Å². The number of nitrogens with zero attached hydrogens (tertiary/aromatic N) is 2. The van der Waals surface area contributed by atoms with Crippen molar-refractivity contribution in [3.05, 3.63) is 252 Å². The molecule has 1 spiro atoms. The number of fused-ring (bicyclic) bond motifs is 14. The van der Waals surface area contributed by atoms with Crippen molar-refractivity contribution in [2.75, 3.05) is 4.90 Å². The number of benzene rings is 10. The quantitative estimate of drug-likeness (QED) is 0.167. The zero-order valence-corrected chi connectivity index (χ0v) is 39.4. The first kappa shape index (κ1) is 38.9. The molecule has 0 atom stereocenters. The Morgan fingerprint density at radius 3 is 1.87 bits per heavy atom. The van der Waals surface area contributed by atoms with Gasteiger partial charge in [-0.1, -0.05) is 189 Å². The molecule has 0 amide bonds. The molecule has 0 bridgehead atoms. The summed E-state index contributed by atoms with van der Waals surface area (Å²) in [6, 6.07) is 83.5. The molecule has 1 fully saturated rings. The summed E-state index contributed by atoms with van der Waals surface area (Å²) in [7, 11) is 0. The van der Waals surface area contributed by atoms with Crippen molar-refractivity contribution in [2.24, 2.45) is 0 Å². The fourth-order valence-corrected chi connectivity index (χ4v) is 15.4. The Kier molecular flexibility index (Phi) is 7.95. The predicted molar refractivity (Wildman–Crippen MR) is 294 cm³/mol. The van der Waals surface area contributed by atoms with Gasteiger partial charge >= 0.3 is 0 Å². The van der Waals surface area contributed by atoms with Crippen LogP contribution in [-0.4, -0.2) is 4.57 Å². The van der Waals surface area contributed by atoms with Crippen molar-refractivity contribution in [3.63, 3.8) is 0 Å². The van der Waals surface area contributed by atoms with Gasteiger partial charge in [0.1, 0.15) is 0 Å². The van der Waals surface area contributed by atoms with Crippen molar-refractivity contribution < 1.29 is 0 Å². The Labute approximate surface area is 411 Å². The van der Waals surface area contributed by atoms with Gasteiger partial charge in [0.15, 0.2) is 0 Å². The zero-order chi connectivity index (χ0) is 45.7. The molecule has 70 heavy (non-hydrogen) atoms. The Balaban J connectivity index is 1.05. The van der Waals surface area contributed by atoms with E-state index < -0.39 is 5.41 Å². The molecule has 10 aromatic carbocycles. The number of hydrogen-bond acceptors (Lipinski definition) is 2. The highest BCUT2D eigenvalue weighted by Gasteiger charge is 2.49. The van der Waals surface area contributed by atoms with Gasteiger partial charge < -0.3 is 9.47 Å². The minimum Gasteiger partial charge on any atom is -0.310 e. The number of hydrogen-bond donors (Lipinski definition) is 0. The van der Waals surface area contributed by atoms with Crippen molar-refractivity contribution >= 4 is 70.4 Å². The van der Waals surface area contributed by atoms with Crippen molar-refractivity contribution in [3.8, 4) is 39.1 Å². The summed E-state index contributed by atoms with van der Waals surface area (Å²) in [5.41, 5.74) is 23.2. The third-order valence-electron chi connectivity index (χ3n) is 17.0. The normalized spacial score (nSPS) is 15.4. The average molecular weight is 911 g/mol. The predicted octanol–water partition coefficient (Wildman–Crippen LogP) is 18.2. The molecule has 0 saturated heterocycles. The molecule has 0 unspecified atom stereocenters. The average Bonchev–Trinajstić information content (AvgIpc) is 4.12. The van der Waals surface area contributed by atoms with E-state index in [1.165, 1.54) is 145 Å². The van der Waals surface area contributed by atoms with Crippen LogP contribution in [0.15, 0.2) is 218 Å². The Morgan fingerprint density at radius 1 is 0.414 bits per heavy atom. The van der Waals surface area contributed by atoms with Gasteiger partial charge in [-0.3, -0.25) is 0 Å². The first-order chi connectivity index (χ1) is 34.7. The van der Waals surface area contributed by atoms with Gasteiger partial charge in [-0.15, -0.1) is 11.3 Å². The molecule has 12 aromatic rings. The van der Waals surface area contributed by atoms with Gasteiger partial charge in [0.2, 0.25) is 0 Å². The highest BCUT2D eigenvalue weighted by atomic mass is 32.1. The number of thiophene rings is 1. The summed E-state index contributed by atoms with van der Waals surface area (Å²) in [5.74, 6) is 0. The fraction of sp³-hybridized carbons (Fsp3) is 0.104. The van der Waals surface area contributed by atoms with Gasteiger partial charge in [-0.2, -0.15) is 0 Å². The van der Waals surface area contributed by atoms with Gasteiger partial charge in [0, 0.05) is 58.9 Å². The van der Waals surface area contributed by atoms with Crippen LogP contribution in [-0.2, 0) is 10.8 Å². The van der Waals surface area contributed by atoms with Crippen LogP contribution in [0.1, 0.15) is 65.5 Å². The van der Waals surface area contributed by atoms with E-state index in [-0.39, 0.29) is 5.41 Å². The molecule has 1 aliphatic heterocycles. The van der Waals surface area contributed by atoms with Gasteiger partial charge in [0.25, 0.3) is 0 Å². The van der Waals surface area contributed by atoms with E-state index >= 15 is 0 Å². The van der Waals surface area contributed by atoms with E-state index in [4.69, 9.17) is 0 Å². The fourth-order valence-electron chi connectivity index (χ4n) is 14.2. The lowest BCUT2D eigenvalue weighted by Gasteiger charge is -2.37. The first-order valence-electron chi connectivity index (χ1n) is 25.1. The maximum absolute atomic E-state index is 2.69. The molecule has 3 heterocycles. The largest absolute Gasteiger partial charge is 0.310 e. The minimum atomic E-state index is -0.485. The topological polar surface area (TPSA) is 8.17 Å². The van der Waals surface area contributed by atoms with Gasteiger partial charge in [-0.05, 0) is 117 Å². The molecule has 0 N–H and O–H groups in total. The molecule has 0 radical (unpaired) electrons. The third-order valence-corrected chi connectivity index (χ3v) is 18.1. The van der Waals surface area contributed by atoms with Crippen LogP contribution in [0.4, 0.5) is 17.1 Å². The second-order valence-electron chi connectivity index (χ2n) is 20.2. The minimum absolute atomic E-state index is 0.0711. The smallest absolute Gasteiger partial charge is 0.0713 e. The van der Waals surface area contributed by atoms with Gasteiger partial charge in [0.05, 0.1) is 27.8 Å². The van der Waals surface area contributed by atoms with E-state index in [1.54, 1.807) is 0 Å². The van der Waals surface area contributed by atoms with Crippen LogP contribution in [0.25, 0.3) is 81.0 Å². The zero-order valence-electron chi connectivity index (χ0n) is 38.6. The van der Waals surface area contributed by atoms with E-state index in [9.17, 15) is 0 Å². The van der Waals surface area contributed by atoms with Gasteiger partial charge in [-0.25, -0.2) is 0 Å². The maximum Gasteiger partial charge on any atom is 0.0713 e. The number of para-hydroxylation sites is 2. The lowest BCUT2D eigenvalue weighted by Crippen LogP contribution is -2.28. The molecule has 4 aliphatic rings. The Morgan fingerprint density at radius 2 is 1.04 bits per heavy atom. The molecule has 1 saturated carbocycles. The van der Waals surface area contributed by atoms with E-state index in [0.29, 0.717) is 0 Å². The number of aromatic nitrogens is 1. The second-order valence-corrected chi connectivity index (χ2v) is 21.2. The van der Waals surface area contributed by atoms with Crippen LogP contribution in [0, 0.1) is 0 Å². The van der Waals surface area contributed by atoms with Crippen molar-refractivity contribution in [1.29, 1.82) is 0 Å². The molecule has 330 valence electrons. The van der Waals surface area contributed by atoms with Crippen LogP contribution < -0.4 is 4.90 Å². The monoisotopic (exact) mass is 910 g/mol. The van der Waals surface area contributed by atoms with E-state index in [0.717, 1.165) is 18.5 Å². The molecular formula is C67H46N2S. The lowest BCUT2D eigenvalue weighted by atomic mass is 9.67. The lowest BCUT2D eigenvalue weighted by molar-refractivity contribution is 0.353. The van der Waals surface area contributed by atoms with Crippen LogP contribution >= 0.6 is 11.3 Å². The van der Waals surface area contributed by atoms with Crippen molar-refractivity contribution in [2.45, 2.75) is 42.9 Å². The SMILES string of the molecule is c1ccc(C2(c3ccccc3)c3ccccc3-c3cc(N(c4ccc5c(c4)sc4ccccc45)c4cc5c6c7c4c4ccccc4n7-c4ccccc4-c4cccc(c4-6)C54CCCCC4)ccc32)cc1. The van der Waals surface area contributed by atoms with Crippen LogP contribution in [0.3, 0.4) is 0 Å². The molecule has 16 rings (SSSR count). The summed E-state index contributed by atoms with van der Waals surface area (Å²) in [4.78, 5) is 2.65. The summed E-state index contributed by atoms with van der Waals surface area (Å²) < 4.78 is 5.27. The highest BCUT2D eigenvalue weighted by Crippen LogP contribution is 2.64. The van der Waals surface area contributed by atoms with Crippen molar-refractivity contribution in [1.82, 2.24) is 4.57 Å². The Hall–Kier alpha value is -7.98.